The van der Waals surface area contributed by atoms with Gasteiger partial charge in [-0.2, -0.15) is 11.8 Å². The summed E-state index contributed by atoms with van der Waals surface area (Å²) in [6.45, 7) is 0. The van der Waals surface area contributed by atoms with Crippen molar-refractivity contribution < 1.29 is 4.79 Å². The second-order valence-electron chi connectivity index (χ2n) is 6.41. The zero-order chi connectivity index (χ0) is 14.3. The van der Waals surface area contributed by atoms with E-state index in [-0.39, 0.29) is 11.7 Å². The van der Waals surface area contributed by atoms with Crippen LogP contribution in [0.4, 0.5) is 0 Å². The van der Waals surface area contributed by atoms with Crippen LogP contribution in [0.5, 0.6) is 0 Å². The summed E-state index contributed by atoms with van der Waals surface area (Å²) in [6, 6.07) is 4.70. The smallest absolute Gasteiger partial charge is 0.244 e. The third-order valence-corrected chi connectivity index (χ3v) is 7.16. The van der Waals surface area contributed by atoms with Gasteiger partial charge in [0.2, 0.25) is 5.91 Å². The van der Waals surface area contributed by atoms with E-state index in [9.17, 15) is 4.79 Å². The number of rotatable bonds is 2. The molecule has 0 aromatic carbocycles. The van der Waals surface area contributed by atoms with Crippen molar-refractivity contribution in [2.75, 3.05) is 11.5 Å². The van der Waals surface area contributed by atoms with E-state index in [1.165, 1.54) is 29.2 Å². The lowest BCUT2D eigenvalue weighted by Gasteiger charge is -2.34. The second-order valence-corrected chi connectivity index (χ2v) is 8.61. The topological polar surface area (TPSA) is 32.3 Å². The van der Waals surface area contributed by atoms with Crippen molar-refractivity contribution in [3.05, 3.63) is 22.4 Å². The first kappa shape index (κ1) is 14.1. The molecule has 21 heavy (non-hydrogen) atoms. The van der Waals surface area contributed by atoms with Gasteiger partial charge in [-0.3, -0.25) is 10.1 Å². The molecule has 114 valence electrons. The number of hydrogen-bond acceptors (Lipinski definition) is 4. The number of nitrogens with zero attached hydrogens (tertiary/aromatic N) is 1. The molecule has 3 fully saturated rings. The Bertz CT molecular complexity index is 504. The average Bonchev–Trinajstić information content (AvgIpc) is 3.24. The summed E-state index contributed by atoms with van der Waals surface area (Å²) in [5, 5.41) is 5.87. The summed E-state index contributed by atoms with van der Waals surface area (Å²) in [6.07, 6.45) is 6.82. The molecule has 2 saturated heterocycles. The molecule has 1 amide bonds. The SMILES string of the molecule is O=C1N(C2CCSCC2)C(c2cccs2)NC12CCCC2. The molecule has 1 aromatic heterocycles. The molecule has 3 aliphatic rings. The van der Waals surface area contributed by atoms with Crippen LogP contribution in [0.15, 0.2) is 17.5 Å². The Morgan fingerprint density at radius 1 is 1.24 bits per heavy atom. The van der Waals surface area contributed by atoms with Crippen LogP contribution in [0.3, 0.4) is 0 Å². The van der Waals surface area contributed by atoms with Gasteiger partial charge in [0.25, 0.3) is 0 Å². The average molecular weight is 322 g/mol. The van der Waals surface area contributed by atoms with Crippen molar-refractivity contribution in [3.63, 3.8) is 0 Å². The quantitative estimate of drug-likeness (QED) is 0.906. The summed E-state index contributed by atoms with van der Waals surface area (Å²) < 4.78 is 0. The summed E-state index contributed by atoms with van der Waals surface area (Å²) >= 11 is 3.80. The first-order valence-electron chi connectivity index (χ1n) is 8.02. The number of carbonyl (C=O) groups is 1. The van der Waals surface area contributed by atoms with Crippen LogP contribution < -0.4 is 5.32 Å². The van der Waals surface area contributed by atoms with Crippen molar-refractivity contribution in [2.24, 2.45) is 0 Å². The highest BCUT2D eigenvalue weighted by molar-refractivity contribution is 7.99. The fourth-order valence-corrected chi connectivity index (χ4v) is 5.94. The van der Waals surface area contributed by atoms with Crippen molar-refractivity contribution >= 4 is 29.0 Å². The Morgan fingerprint density at radius 3 is 2.67 bits per heavy atom. The molecule has 1 aliphatic carbocycles. The van der Waals surface area contributed by atoms with Gasteiger partial charge in [-0.1, -0.05) is 18.9 Å². The highest BCUT2D eigenvalue weighted by atomic mass is 32.2. The van der Waals surface area contributed by atoms with E-state index >= 15 is 0 Å². The summed E-state index contributed by atoms with van der Waals surface area (Å²) in [5.41, 5.74) is -0.251. The van der Waals surface area contributed by atoms with E-state index in [1.807, 2.05) is 11.8 Å². The van der Waals surface area contributed by atoms with Crippen LogP contribution in [0.1, 0.15) is 49.6 Å². The van der Waals surface area contributed by atoms with Crippen molar-refractivity contribution in [1.82, 2.24) is 10.2 Å². The number of hydrogen-bond donors (Lipinski definition) is 1. The van der Waals surface area contributed by atoms with Gasteiger partial charge in [-0.25, -0.2) is 0 Å². The van der Waals surface area contributed by atoms with E-state index in [4.69, 9.17) is 0 Å². The van der Waals surface area contributed by atoms with E-state index < -0.39 is 0 Å². The van der Waals surface area contributed by atoms with Crippen LogP contribution in [0.25, 0.3) is 0 Å². The lowest BCUT2D eigenvalue weighted by atomic mass is 9.97. The van der Waals surface area contributed by atoms with Crippen LogP contribution in [0, 0.1) is 0 Å². The maximum Gasteiger partial charge on any atom is 0.244 e. The molecule has 1 saturated carbocycles. The Kier molecular flexibility index (Phi) is 3.76. The first-order valence-corrected chi connectivity index (χ1v) is 10.1. The predicted octanol–water partition coefficient (Wildman–Crippen LogP) is 3.39. The lowest BCUT2D eigenvalue weighted by molar-refractivity contribution is -0.135. The van der Waals surface area contributed by atoms with E-state index in [2.05, 4.69) is 27.7 Å². The Balaban J connectivity index is 1.67. The fraction of sp³-hybridized carbons (Fsp3) is 0.688. The summed E-state index contributed by atoms with van der Waals surface area (Å²) in [5.74, 6) is 2.77. The number of nitrogens with one attached hydrogen (secondary N) is 1. The van der Waals surface area contributed by atoms with Gasteiger partial charge in [-0.05, 0) is 48.6 Å². The minimum atomic E-state index is -0.251. The van der Waals surface area contributed by atoms with Crippen LogP contribution in [-0.2, 0) is 4.79 Å². The number of thiophene rings is 1. The standard InChI is InChI=1S/C16H22N2OS2/c19-15-16(7-1-2-8-16)17-14(13-4-3-9-21-13)18(15)12-5-10-20-11-6-12/h3-4,9,12,14,17H,1-2,5-8,10-11H2. The van der Waals surface area contributed by atoms with Gasteiger partial charge >= 0.3 is 0 Å². The van der Waals surface area contributed by atoms with Crippen LogP contribution in [-0.4, -0.2) is 33.9 Å². The maximum atomic E-state index is 13.2. The Hall–Kier alpha value is -0.520. The summed E-state index contributed by atoms with van der Waals surface area (Å²) in [4.78, 5) is 16.7. The molecule has 5 heteroatoms. The van der Waals surface area contributed by atoms with Gasteiger partial charge < -0.3 is 4.90 Å². The number of amides is 1. The van der Waals surface area contributed by atoms with Gasteiger partial charge in [-0.15, -0.1) is 11.3 Å². The largest absolute Gasteiger partial charge is 0.317 e. The molecule has 3 heterocycles. The molecule has 1 spiro atoms. The zero-order valence-corrected chi connectivity index (χ0v) is 13.8. The summed E-state index contributed by atoms with van der Waals surface area (Å²) in [7, 11) is 0. The minimum Gasteiger partial charge on any atom is -0.317 e. The molecule has 3 nitrogen and oxygen atoms in total. The molecule has 0 bridgehead atoms. The third-order valence-electron chi connectivity index (χ3n) is 5.19. The third kappa shape index (κ3) is 2.34. The number of thioether (sulfide) groups is 1. The van der Waals surface area contributed by atoms with Crippen LogP contribution in [0.2, 0.25) is 0 Å². The van der Waals surface area contributed by atoms with Crippen LogP contribution >= 0.6 is 23.1 Å². The van der Waals surface area contributed by atoms with E-state index in [0.29, 0.717) is 11.9 Å². The van der Waals surface area contributed by atoms with E-state index in [0.717, 1.165) is 25.7 Å². The second kappa shape index (κ2) is 5.60. The Labute approximate surface area is 134 Å². The predicted molar refractivity (Wildman–Crippen MR) is 88.6 cm³/mol. The lowest BCUT2D eigenvalue weighted by Crippen LogP contribution is -2.46. The highest BCUT2D eigenvalue weighted by Gasteiger charge is 2.54. The van der Waals surface area contributed by atoms with Crippen molar-refractivity contribution in [3.8, 4) is 0 Å². The Morgan fingerprint density at radius 2 is 2.00 bits per heavy atom. The highest BCUT2D eigenvalue weighted by Crippen LogP contribution is 2.44. The van der Waals surface area contributed by atoms with Gasteiger partial charge in [0.15, 0.2) is 0 Å². The zero-order valence-electron chi connectivity index (χ0n) is 12.2. The molecular formula is C16H22N2OS2. The van der Waals surface area contributed by atoms with Gasteiger partial charge in [0, 0.05) is 10.9 Å². The molecule has 1 atom stereocenters. The van der Waals surface area contributed by atoms with Gasteiger partial charge in [0.05, 0.1) is 5.54 Å². The molecule has 1 N–H and O–H groups in total. The normalized spacial score (nSPS) is 29.6. The fourth-order valence-electron chi connectivity index (χ4n) is 4.09. The minimum absolute atomic E-state index is 0.115. The monoisotopic (exact) mass is 322 g/mol. The molecule has 4 rings (SSSR count). The van der Waals surface area contributed by atoms with Crippen molar-refractivity contribution in [2.45, 2.75) is 56.3 Å². The first-order chi connectivity index (χ1) is 10.3. The molecular weight excluding hydrogens is 300 g/mol. The number of carbonyl (C=O) groups excluding carboxylic acids is 1. The van der Waals surface area contributed by atoms with Crippen molar-refractivity contribution in [1.29, 1.82) is 0 Å². The molecule has 2 aliphatic heterocycles. The maximum absolute atomic E-state index is 13.2. The van der Waals surface area contributed by atoms with E-state index in [1.54, 1.807) is 11.3 Å². The molecule has 0 radical (unpaired) electrons. The molecule has 1 unspecified atom stereocenters. The van der Waals surface area contributed by atoms with Gasteiger partial charge in [0.1, 0.15) is 6.17 Å². The molecule has 1 aromatic rings.